The van der Waals surface area contributed by atoms with Crippen molar-refractivity contribution in [2.75, 3.05) is 6.61 Å². The summed E-state index contributed by atoms with van der Waals surface area (Å²) in [7, 11) is 0. The van der Waals surface area contributed by atoms with E-state index in [1.165, 1.54) is 64.2 Å². The maximum atomic E-state index is 8.61. The van der Waals surface area contributed by atoms with Gasteiger partial charge in [0.2, 0.25) is 0 Å². The lowest BCUT2D eigenvalue weighted by molar-refractivity contribution is 0.282. The third-order valence-corrected chi connectivity index (χ3v) is 2.92. The van der Waals surface area contributed by atoms with E-state index in [0.717, 1.165) is 6.42 Å². The molecule has 0 amide bonds. The van der Waals surface area contributed by atoms with Crippen molar-refractivity contribution in [1.29, 1.82) is 0 Å². The first-order chi connectivity index (χ1) is 7.91. The molecule has 0 aliphatic rings. The Morgan fingerprint density at radius 2 is 1.19 bits per heavy atom. The van der Waals surface area contributed by atoms with Crippen LogP contribution in [0, 0.1) is 0 Å². The predicted octanol–water partition coefficient (Wildman–Crippen LogP) is 4.85. The van der Waals surface area contributed by atoms with Gasteiger partial charge in [0.05, 0.1) is 0 Å². The molecule has 0 bridgehead atoms. The summed E-state index contributed by atoms with van der Waals surface area (Å²) in [4.78, 5) is 0. The second-order valence-corrected chi connectivity index (χ2v) is 4.60. The minimum Gasteiger partial charge on any atom is -0.396 e. The van der Waals surface area contributed by atoms with E-state index in [1.54, 1.807) is 0 Å². The number of hydrogen-bond donors (Lipinski definition) is 1. The summed E-state index contributed by atoms with van der Waals surface area (Å²) in [6, 6.07) is 0. The molecule has 1 nitrogen and oxygen atoms in total. The van der Waals surface area contributed by atoms with Crippen molar-refractivity contribution in [2.45, 2.75) is 77.6 Å². The van der Waals surface area contributed by atoms with Gasteiger partial charge in [-0.25, -0.2) is 0 Å². The van der Waals surface area contributed by atoms with Gasteiger partial charge in [-0.05, 0) is 32.1 Å². The first-order valence-electron chi connectivity index (χ1n) is 7.17. The Morgan fingerprint density at radius 3 is 1.69 bits per heavy atom. The van der Waals surface area contributed by atoms with Crippen molar-refractivity contribution >= 4 is 0 Å². The van der Waals surface area contributed by atoms with E-state index in [-0.39, 0.29) is 0 Å². The summed E-state index contributed by atoms with van der Waals surface area (Å²) in [5, 5.41) is 8.61. The van der Waals surface area contributed by atoms with Gasteiger partial charge in [0.25, 0.3) is 0 Å². The fourth-order valence-corrected chi connectivity index (χ4v) is 1.83. The lowest BCUT2D eigenvalue weighted by Gasteiger charge is -1.97. The van der Waals surface area contributed by atoms with Crippen LogP contribution < -0.4 is 0 Å². The summed E-state index contributed by atoms with van der Waals surface area (Å²) in [5.41, 5.74) is 0. The van der Waals surface area contributed by atoms with E-state index in [2.05, 4.69) is 19.1 Å². The molecule has 0 unspecified atom stereocenters. The van der Waals surface area contributed by atoms with Gasteiger partial charge in [-0.15, -0.1) is 0 Å². The van der Waals surface area contributed by atoms with Crippen LogP contribution in [0.3, 0.4) is 0 Å². The molecule has 1 N–H and O–H groups in total. The third kappa shape index (κ3) is 13.7. The lowest BCUT2D eigenvalue weighted by atomic mass is 10.1. The van der Waals surface area contributed by atoms with E-state index in [1.807, 2.05) is 0 Å². The smallest absolute Gasteiger partial charge is 0.0431 e. The molecule has 96 valence electrons. The lowest BCUT2D eigenvalue weighted by Crippen LogP contribution is -1.82. The zero-order chi connectivity index (χ0) is 11.9. The fourth-order valence-electron chi connectivity index (χ4n) is 1.83. The molecule has 0 saturated heterocycles. The van der Waals surface area contributed by atoms with E-state index >= 15 is 0 Å². The summed E-state index contributed by atoms with van der Waals surface area (Å²) in [5.74, 6) is 0. The van der Waals surface area contributed by atoms with Crippen molar-refractivity contribution in [2.24, 2.45) is 0 Å². The maximum absolute atomic E-state index is 8.61. The standard InChI is InChI=1S/C15H30O/c1-2-3-4-5-6-7-8-9-10-11-12-13-14-15-16/h8-9,16H,2-7,10-15H2,1H3. The van der Waals surface area contributed by atoms with Crippen LogP contribution in [-0.2, 0) is 0 Å². The predicted molar refractivity (Wildman–Crippen MR) is 72.7 cm³/mol. The van der Waals surface area contributed by atoms with E-state index in [4.69, 9.17) is 5.11 Å². The summed E-state index contributed by atoms with van der Waals surface area (Å²) >= 11 is 0. The molecule has 0 rings (SSSR count). The highest BCUT2D eigenvalue weighted by atomic mass is 16.2. The largest absolute Gasteiger partial charge is 0.396 e. The average Bonchev–Trinajstić information content (AvgIpc) is 2.31. The Morgan fingerprint density at radius 1 is 0.688 bits per heavy atom. The van der Waals surface area contributed by atoms with Gasteiger partial charge in [-0.1, -0.05) is 57.6 Å². The molecule has 16 heavy (non-hydrogen) atoms. The molecular formula is C15H30O. The highest BCUT2D eigenvalue weighted by Crippen LogP contribution is 2.07. The molecule has 0 aliphatic heterocycles. The van der Waals surface area contributed by atoms with Crippen LogP contribution in [0.1, 0.15) is 77.6 Å². The minimum absolute atomic E-state index is 0.355. The highest BCUT2D eigenvalue weighted by Gasteiger charge is 1.88. The second-order valence-electron chi connectivity index (χ2n) is 4.60. The van der Waals surface area contributed by atoms with Gasteiger partial charge in [-0.2, -0.15) is 0 Å². The van der Waals surface area contributed by atoms with E-state index in [0.29, 0.717) is 6.61 Å². The SMILES string of the molecule is CCCCCCCC=CCCCCCCO. The molecule has 0 atom stereocenters. The van der Waals surface area contributed by atoms with Crippen molar-refractivity contribution in [1.82, 2.24) is 0 Å². The Bertz CT molecular complexity index is 124. The number of aliphatic hydroxyl groups excluding tert-OH is 1. The van der Waals surface area contributed by atoms with E-state index in [9.17, 15) is 0 Å². The Hall–Kier alpha value is -0.300. The molecule has 0 spiro atoms. The van der Waals surface area contributed by atoms with Gasteiger partial charge < -0.3 is 5.11 Å². The Labute approximate surface area is 102 Å². The summed E-state index contributed by atoms with van der Waals surface area (Å²) in [6.45, 7) is 2.62. The Kier molecular flexibility index (Phi) is 14.4. The number of rotatable bonds is 12. The molecule has 0 radical (unpaired) electrons. The van der Waals surface area contributed by atoms with Gasteiger partial charge in [0, 0.05) is 6.61 Å². The molecular weight excluding hydrogens is 196 g/mol. The number of unbranched alkanes of at least 4 members (excludes halogenated alkanes) is 9. The molecule has 0 aromatic heterocycles. The van der Waals surface area contributed by atoms with Crippen LogP contribution in [0.4, 0.5) is 0 Å². The molecule has 0 fully saturated rings. The fraction of sp³-hybridized carbons (Fsp3) is 0.867. The average molecular weight is 226 g/mol. The molecule has 1 heteroatoms. The molecule has 0 saturated carbocycles. The van der Waals surface area contributed by atoms with Crippen LogP contribution in [0.5, 0.6) is 0 Å². The van der Waals surface area contributed by atoms with Crippen LogP contribution in [0.2, 0.25) is 0 Å². The van der Waals surface area contributed by atoms with Gasteiger partial charge in [0.1, 0.15) is 0 Å². The minimum atomic E-state index is 0.355. The van der Waals surface area contributed by atoms with Crippen molar-refractivity contribution < 1.29 is 5.11 Å². The van der Waals surface area contributed by atoms with E-state index < -0.39 is 0 Å². The van der Waals surface area contributed by atoms with Crippen LogP contribution in [-0.4, -0.2) is 11.7 Å². The first-order valence-corrected chi connectivity index (χ1v) is 7.17. The second kappa shape index (κ2) is 14.7. The molecule has 0 aliphatic carbocycles. The normalized spacial score (nSPS) is 11.4. The molecule has 0 heterocycles. The zero-order valence-electron chi connectivity index (χ0n) is 11.1. The molecule has 0 aromatic rings. The first kappa shape index (κ1) is 15.7. The third-order valence-electron chi connectivity index (χ3n) is 2.92. The van der Waals surface area contributed by atoms with Crippen LogP contribution in [0.15, 0.2) is 12.2 Å². The summed E-state index contributed by atoms with van der Waals surface area (Å²) in [6.07, 6.45) is 18.8. The molecule has 0 aromatic carbocycles. The topological polar surface area (TPSA) is 20.2 Å². The zero-order valence-corrected chi connectivity index (χ0v) is 11.1. The summed E-state index contributed by atoms with van der Waals surface area (Å²) < 4.78 is 0. The quantitative estimate of drug-likeness (QED) is 0.373. The number of allylic oxidation sites excluding steroid dienone is 2. The number of hydrogen-bond acceptors (Lipinski definition) is 1. The maximum Gasteiger partial charge on any atom is 0.0431 e. The van der Waals surface area contributed by atoms with Gasteiger partial charge in [-0.3, -0.25) is 0 Å². The monoisotopic (exact) mass is 226 g/mol. The van der Waals surface area contributed by atoms with Gasteiger partial charge >= 0.3 is 0 Å². The van der Waals surface area contributed by atoms with Crippen molar-refractivity contribution in [3.05, 3.63) is 12.2 Å². The highest BCUT2D eigenvalue weighted by molar-refractivity contribution is 4.81. The van der Waals surface area contributed by atoms with Gasteiger partial charge in [0.15, 0.2) is 0 Å². The van der Waals surface area contributed by atoms with Crippen molar-refractivity contribution in [3.8, 4) is 0 Å². The Balaban J connectivity index is 2.98. The van der Waals surface area contributed by atoms with Crippen molar-refractivity contribution in [3.63, 3.8) is 0 Å². The number of aliphatic hydroxyl groups is 1. The van der Waals surface area contributed by atoms with Crippen LogP contribution >= 0.6 is 0 Å². The van der Waals surface area contributed by atoms with Crippen LogP contribution in [0.25, 0.3) is 0 Å².